The maximum Gasteiger partial charge on any atom is 0.335 e. The quantitative estimate of drug-likeness (QED) is 0.896. The van der Waals surface area contributed by atoms with E-state index in [1.54, 1.807) is 25.3 Å². The number of nitrogens with zero attached hydrogens (tertiary/aromatic N) is 2. The molecule has 1 unspecified atom stereocenters. The third-order valence-corrected chi connectivity index (χ3v) is 3.20. The van der Waals surface area contributed by atoms with Gasteiger partial charge in [0.1, 0.15) is 5.82 Å². The highest BCUT2D eigenvalue weighted by Gasteiger charge is 2.13. The van der Waals surface area contributed by atoms with Gasteiger partial charge in [-0.3, -0.25) is 0 Å². The Morgan fingerprint density at radius 1 is 1.53 bits per heavy atom. The highest BCUT2D eigenvalue weighted by Crippen LogP contribution is 2.19. The maximum absolute atomic E-state index is 10.9. The second-order valence-corrected chi connectivity index (χ2v) is 4.86. The van der Waals surface area contributed by atoms with Crippen LogP contribution in [0.15, 0.2) is 18.2 Å². The number of hydrogen-bond donors (Lipinski definition) is 1. The number of imidazole rings is 1. The molecule has 0 aliphatic rings. The predicted octanol–water partition coefficient (Wildman–Crippen LogP) is 2.10. The Kier molecular flexibility index (Phi) is 3.85. The van der Waals surface area contributed by atoms with Crippen LogP contribution in [0, 0.1) is 5.92 Å². The van der Waals surface area contributed by atoms with E-state index >= 15 is 0 Å². The average molecular weight is 262 g/mol. The molecular weight excluding hydrogens is 244 g/mol. The molecule has 0 radical (unpaired) electrons. The first kappa shape index (κ1) is 13.5. The summed E-state index contributed by atoms with van der Waals surface area (Å²) in [6, 6.07) is 5.02. The van der Waals surface area contributed by atoms with Crippen molar-refractivity contribution in [2.75, 3.05) is 13.7 Å². The molecule has 19 heavy (non-hydrogen) atoms. The Hall–Kier alpha value is -1.88. The lowest BCUT2D eigenvalue weighted by Crippen LogP contribution is -2.10. The van der Waals surface area contributed by atoms with Crippen LogP contribution in [0.2, 0.25) is 0 Å². The molecule has 0 amide bonds. The van der Waals surface area contributed by atoms with Crippen LogP contribution >= 0.6 is 0 Å². The zero-order valence-electron chi connectivity index (χ0n) is 11.4. The third-order valence-electron chi connectivity index (χ3n) is 3.20. The topological polar surface area (TPSA) is 64.3 Å². The normalized spacial score (nSPS) is 12.8. The first-order valence-electron chi connectivity index (χ1n) is 6.20. The lowest BCUT2D eigenvalue weighted by atomic mass is 10.1. The van der Waals surface area contributed by atoms with Crippen LogP contribution in [-0.4, -0.2) is 34.3 Å². The Bertz CT molecular complexity index is 604. The molecule has 5 heteroatoms. The van der Waals surface area contributed by atoms with E-state index in [1.165, 1.54) is 0 Å². The van der Waals surface area contributed by atoms with Crippen molar-refractivity contribution in [3.63, 3.8) is 0 Å². The number of aromatic nitrogens is 2. The molecular formula is C14H18N2O3. The van der Waals surface area contributed by atoms with Gasteiger partial charge in [0.05, 0.1) is 16.6 Å². The van der Waals surface area contributed by atoms with Crippen molar-refractivity contribution in [2.24, 2.45) is 13.0 Å². The maximum atomic E-state index is 10.9. The zero-order valence-corrected chi connectivity index (χ0v) is 11.4. The molecule has 2 aromatic rings. The van der Waals surface area contributed by atoms with Gasteiger partial charge in [-0.15, -0.1) is 0 Å². The highest BCUT2D eigenvalue weighted by molar-refractivity contribution is 5.92. The molecule has 0 spiro atoms. The second-order valence-electron chi connectivity index (χ2n) is 4.86. The minimum absolute atomic E-state index is 0.266. The minimum atomic E-state index is -0.929. The molecule has 1 aromatic carbocycles. The number of carboxylic acid groups (broad SMARTS) is 1. The molecule has 0 saturated carbocycles. The number of fused-ring (bicyclic) bond motifs is 1. The van der Waals surface area contributed by atoms with E-state index in [-0.39, 0.29) is 5.56 Å². The van der Waals surface area contributed by atoms with Crippen molar-refractivity contribution in [3.8, 4) is 0 Å². The summed E-state index contributed by atoms with van der Waals surface area (Å²) in [6.07, 6.45) is 0.807. The number of rotatable bonds is 5. The van der Waals surface area contributed by atoms with Gasteiger partial charge in [-0.05, 0) is 24.1 Å². The van der Waals surface area contributed by atoms with Gasteiger partial charge >= 0.3 is 5.97 Å². The van der Waals surface area contributed by atoms with E-state index in [0.29, 0.717) is 12.5 Å². The first-order chi connectivity index (χ1) is 9.02. The molecule has 1 atom stereocenters. The van der Waals surface area contributed by atoms with Gasteiger partial charge in [0.2, 0.25) is 0 Å². The van der Waals surface area contributed by atoms with Crippen LogP contribution in [-0.2, 0) is 18.2 Å². The van der Waals surface area contributed by atoms with E-state index in [0.717, 1.165) is 23.3 Å². The SMILES string of the molecule is COCC(C)Cc1nc2cc(C(=O)O)ccc2n1C. The van der Waals surface area contributed by atoms with Crippen LogP contribution in [0.4, 0.5) is 0 Å². The molecule has 102 valence electrons. The molecule has 0 aliphatic heterocycles. The van der Waals surface area contributed by atoms with Crippen molar-refractivity contribution in [3.05, 3.63) is 29.6 Å². The van der Waals surface area contributed by atoms with Gasteiger partial charge in [-0.25, -0.2) is 9.78 Å². The Labute approximate surface area is 111 Å². The number of benzene rings is 1. The number of hydrogen-bond acceptors (Lipinski definition) is 3. The molecule has 0 saturated heterocycles. The summed E-state index contributed by atoms with van der Waals surface area (Å²) in [5.41, 5.74) is 1.94. The fraction of sp³-hybridized carbons (Fsp3) is 0.429. The summed E-state index contributed by atoms with van der Waals surface area (Å²) >= 11 is 0. The molecule has 1 N–H and O–H groups in total. The van der Waals surface area contributed by atoms with E-state index in [1.807, 2.05) is 11.6 Å². The van der Waals surface area contributed by atoms with E-state index in [4.69, 9.17) is 9.84 Å². The molecule has 0 bridgehead atoms. The minimum Gasteiger partial charge on any atom is -0.478 e. The van der Waals surface area contributed by atoms with Crippen LogP contribution in [0.3, 0.4) is 0 Å². The highest BCUT2D eigenvalue weighted by atomic mass is 16.5. The molecule has 5 nitrogen and oxygen atoms in total. The number of aryl methyl sites for hydroxylation is 1. The summed E-state index contributed by atoms with van der Waals surface area (Å²) in [5.74, 6) is 0.392. The van der Waals surface area contributed by atoms with E-state index < -0.39 is 5.97 Å². The summed E-state index contributed by atoms with van der Waals surface area (Å²) < 4.78 is 7.13. The monoisotopic (exact) mass is 262 g/mol. The second kappa shape index (κ2) is 5.40. The molecule has 1 heterocycles. The van der Waals surface area contributed by atoms with Gasteiger partial charge in [0.15, 0.2) is 0 Å². The van der Waals surface area contributed by atoms with E-state index in [2.05, 4.69) is 11.9 Å². The largest absolute Gasteiger partial charge is 0.478 e. The third kappa shape index (κ3) is 2.76. The first-order valence-corrected chi connectivity index (χ1v) is 6.20. The van der Waals surface area contributed by atoms with Gasteiger partial charge in [-0.1, -0.05) is 6.92 Å². The average Bonchev–Trinajstić information content (AvgIpc) is 2.66. The summed E-state index contributed by atoms with van der Waals surface area (Å²) in [4.78, 5) is 15.5. The van der Waals surface area contributed by atoms with Gasteiger partial charge in [0, 0.05) is 27.2 Å². The summed E-state index contributed by atoms with van der Waals surface area (Å²) in [6.45, 7) is 2.79. The van der Waals surface area contributed by atoms with Crippen LogP contribution in [0.25, 0.3) is 11.0 Å². The molecule has 0 aliphatic carbocycles. The van der Waals surface area contributed by atoms with Crippen LogP contribution in [0.1, 0.15) is 23.1 Å². The van der Waals surface area contributed by atoms with Crippen LogP contribution < -0.4 is 0 Å². The molecule has 2 rings (SSSR count). The summed E-state index contributed by atoms with van der Waals surface area (Å²) in [5, 5.41) is 8.98. The lowest BCUT2D eigenvalue weighted by Gasteiger charge is -2.09. The number of carboxylic acids is 1. The molecule has 0 fully saturated rings. The Balaban J connectivity index is 2.36. The smallest absolute Gasteiger partial charge is 0.335 e. The van der Waals surface area contributed by atoms with E-state index in [9.17, 15) is 4.79 Å². The molecule has 1 aromatic heterocycles. The van der Waals surface area contributed by atoms with Crippen molar-refractivity contribution in [2.45, 2.75) is 13.3 Å². The Morgan fingerprint density at radius 2 is 2.26 bits per heavy atom. The van der Waals surface area contributed by atoms with Gasteiger partial charge in [0.25, 0.3) is 0 Å². The van der Waals surface area contributed by atoms with Crippen molar-refractivity contribution < 1.29 is 14.6 Å². The number of ether oxygens (including phenoxy) is 1. The standard InChI is InChI=1S/C14H18N2O3/c1-9(8-19-3)6-13-15-11-7-10(14(17)18)4-5-12(11)16(13)2/h4-5,7,9H,6,8H2,1-3H3,(H,17,18). The van der Waals surface area contributed by atoms with Crippen molar-refractivity contribution in [1.29, 1.82) is 0 Å². The number of aromatic carboxylic acids is 1. The lowest BCUT2D eigenvalue weighted by molar-refractivity contribution is 0.0697. The van der Waals surface area contributed by atoms with Crippen molar-refractivity contribution in [1.82, 2.24) is 9.55 Å². The number of carbonyl (C=O) groups is 1. The number of methoxy groups -OCH3 is 1. The van der Waals surface area contributed by atoms with Gasteiger partial charge in [-0.2, -0.15) is 0 Å². The fourth-order valence-electron chi connectivity index (χ4n) is 2.22. The summed E-state index contributed by atoms with van der Waals surface area (Å²) in [7, 11) is 3.63. The van der Waals surface area contributed by atoms with Crippen molar-refractivity contribution >= 4 is 17.0 Å². The fourth-order valence-corrected chi connectivity index (χ4v) is 2.22. The zero-order chi connectivity index (χ0) is 14.0. The van der Waals surface area contributed by atoms with Crippen LogP contribution in [0.5, 0.6) is 0 Å². The Morgan fingerprint density at radius 3 is 2.89 bits per heavy atom. The predicted molar refractivity (Wildman–Crippen MR) is 72.4 cm³/mol. The van der Waals surface area contributed by atoms with Gasteiger partial charge < -0.3 is 14.4 Å².